The van der Waals surface area contributed by atoms with Crippen molar-refractivity contribution in [2.45, 2.75) is 6.42 Å². The van der Waals surface area contributed by atoms with Crippen molar-refractivity contribution in [2.75, 3.05) is 11.4 Å². The van der Waals surface area contributed by atoms with E-state index in [1.54, 1.807) is 12.4 Å². The molecule has 1 amide bonds. The zero-order valence-electron chi connectivity index (χ0n) is 14.1. The van der Waals surface area contributed by atoms with E-state index < -0.39 is 0 Å². The van der Waals surface area contributed by atoms with Crippen molar-refractivity contribution in [3.05, 3.63) is 84.3 Å². The van der Waals surface area contributed by atoms with Crippen LogP contribution in [0.4, 0.5) is 5.69 Å². The van der Waals surface area contributed by atoms with Crippen molar-refractivity contribution < 1.29 is 4.79 Å². The fraction of sp³-hybridized carbons (Fsp3) is 0.0909. The van der Waals surface area contributed by atoms with E-state index in [1.165, 1.54) is 5.56 Å². The number of benzene rings is 2. The third kappa shape index (κ3) is 2.39. The summed E-state index contributed by atoms with van der Waals surface area (Å²) in [5, 5.41) is 1.12. The van der Waals surface area contributed by atoms with Crippen LogP contribution < -0.4 is 4.90 Å². The van der Waals surface area contributed by atoms with Gasteiger partial charge in [-0.1, -0.05) is 12.1 Å². The van der Waals surface area contributed by atoms with Gasteiger partial charge in [0.1, 0.15) is 0 Å². The first-order chi connectivity index (χ1) is 12.8. The molecule has 2 aromatic heterocycles. The first-order valence-corrected chi connectivity index (χ1v) is 8.72. The van der Waals surface area contributed by atoms with Crippen molar-refractivity contribution >= 4 is 22.5 Å². The molecule has 1 N–H and O–H groups in total. The van der Waals surface area contributed by atoms with E-state index in [0.717, 1.165) is 40.7 Å². The summed E-state index contributed by atoms with van der Waals surface area (Å²) in [6, 6.07) is 18.2. The second-order valence-corrected chi connectivity index (χ2v) is 6.57. The Bertz CT molecular complexity index is 1110. The van der Waals surface area contributed by atoms with Gasteiger partial charge in [0, 0.05) is 41.9 Å². The summed E-state index contributed by atoms with van der Waals surface area (Å²) in [6.45, 7) is 0.719. The van der Waals surface area contributed by atoms with Gasteiger partial charge in [-0.15, -0.1) is 0 Å². The SMILES string of the molecule is O=C(c1ccc2cc[nH]c2c1)N1CCc2cc(-c3ccncc3)ccc21. The van der Waals surface area contributed by atoms with Crippen LogP contribution in [0, 0.1) is 0 Å². The van der Waals surface area contributed by atoms with Crippen LogP contribution in [0.5, 0.6) is 0 Å². The van der Waals surface area contributed by atoms with Crippen LogP contribution in [0.1, 0.15) is 15.9 Å². The summed E-state index contributed by atoms with van der Waals surface area (Å²) in [5.41, 5.74) is 6.24. The summed E-state index contributed by atoms with van der Waals surface area (Å²) >= 11 is 0. The number of carbonyl (C=O) groups is 1. The van der Waals surface area contributed by atoms with Crippen LogP contribution in [0.2, 0.25) is 0 Å². The number of H-pyrrole nitrogens is 1. The van der Waals surface area contributed by atoms with Crippen molar-refractivity contribution in [1.29, 1.82) is 0 Å². The molecule has 4 aromatic rings. The van der Waals surface area contributed by atoms with Crippen LogP contribution in [0.25, 0.3) is 22.0 Å². The van der Waals surface area contributed by atoms with Gasteiger partial charge in [0.05, 0.1) is 0 Å². The molecule has 0 spiro atoms. The number of anilines is 1. The molecule has 0 saturated carbocycles. The number of rotatable bonds is 2. The molecule has 126 valence electrons. The maximum absolute atomic E-state index is 13.0. The maximum atomic E-state index is 13.0. The van der Waals surface area contributed by atoms with E-state index in [9.17, 15) is 4.79 Å². The Morgan fingerprint density at radius 2 is 1.85 bits per heavy atom. The van der Waals surface area contributed by atoms with Gasteiger partial charge in [-0.3, -0.25) is 9.78 Å². The summed E-state index contributed by atoms with van der Waals surface area (Å²) in [7, 11) is 0. The predicted octanol–water partition coefficient (Wildman–Crippen LogP) is 4.43. The smallest absolute Gasteiger partial charge is 0.258 e. The summed E-state index contributed by atoms with van der Waals surface area (Å²) in [4.78, 5) is 22.2. The second kappa shape index (κ2) is 5.85. The number of hydrogen-bond acceptors (Lipinski definition) is 2. The van der Waals surface area contributed by atoms with E-state index in [4.69, 9.17) is 0 Å². The van der Waals surface area contributed by atoms with E-state index in [2.05, 4.69) is 28.2 Å². The maximum Gasteiger partial charge on any atom is 0.258 e. The summed E-state index contributed by atoms with van der Waals surface area (Å²) < 4.78 is 0. The Morgan fingerprint density at radius 1 is 0.962 bits per heavy atom. The molecule has 0 bridgehead atoms. The van der Waals surface area contributed by atoms with Gasteiger partial charge in [0.2, 0.25) is 0 Å². The minimum atomic E-state index is 0.0527. The van der Waals surface area contributed by atoms with Gasteiger partial charge in [-0.05, 0) is 71.0 Å². The lowest BCUT2D eigenvalue weighted by atomic mass is 10.0. The molecule has 3 heterocycles. The third-order valence-corrected chi connectivity index (χ3v) is 5.04. The Morgan fingerprint density at radius 3 is 2.73 bits per heavy atom. The number of carbonyl (C=O) groups excluding carboxylic acids is 1. The van der Waals surface area contributed by atoms with E-state index in [-0.39, 0.29) is 5.91 Å². The third-order valence-electron chi connectivity index (χ3n) is 5.04. The molecule has 5 rings (SSSR count). The molecule has 0 saturated heterocycles. The Labute approximate surface area is 151 Å². The lowest BCUT2D eigenvalue weighted by Crippen LogP contribution is -2.28. The van der Waals surface area contributed by atoms with E-state index >= 15 is 0 Å². The minimum absolute atomic E-state index is 0.0527. The first-order valence-electron chi connectivity index (χ1n) is 8.72. The number of nitrogens with one attached hydrogen (secondary N) is 1. The molecule has 0 radical (unpaired) electrons. The normalized spacial score (nSPS) is 13.2. The van der Waals surface area contributed by atoms with Crippen molar-refractivity contribution in [3.63, 3.8) is 0 Å². The fourth-order valence-electron chi connectivity index (χ4n) is 3.67. The monoisotopic (exact) mass is 339 g/mol. The van der Waals surface area contributed by atoms with Gasteiger partial charge in [-0.25, -0.2) is 0 Å². The fourth-order valence-corrected chi connectivity index (χ4v) is 3.67. The predicted molar refractivity (Wildman–Crippen MR) is 103 cm³/mol. The molecule has 0 aliphatic carbocycles. The van der Waals surface area contributed by atoms with Gasteiger partial charge in [0.25, 0.3) is 5.91 Å². The van der Waals surface area contributed by atoms with Crippen LogP contribution >= 0.6 is 0 Å². The zero-order valence-corrected chi connectivity index (χ0v) is 14.1. The van der Waals surface area contributed by atoms with Gasteiger partial charge < -0.3 is 9.88 Å². The van der Waals surface area contributed by atoms with Crippen molar-refractivity contribution in [3.8, 4) is 11.1 Å². The van der Waals surface area contributed by atoms with Crippen LogP contribution in [-0.2, 0) is 6.42 Å². The molecule has 0 fully saturated rings. The highest BCUT2D eigenvalue weighted by Crippen LogP contribution is 2.33. The van der Waals surface area contributed by atoms with Gasteiger partial charge >= 0.3 is 0 Å². The number of hydrogen-bond donors (Lipinski definition) is 1. The number of aromatic amines is 1. The summed E-state index contributed by atoms with van der Waals surface area (Å²) in [5.74, 6) is 0.0527. The Hall–Kier alpha value is -3.40. The highest BCUT2D eigenvalue weighted by Gasteiger charge is 2.26. The second-order valence-electron chi connectivity index (χ2n) is 6.57. The highest BCUT2D eigenvalue weighted by atomic mass is 16.2. The molecule has 0 atom stereocenters. The summed E-state index contributed by atoms with van der Waals surface area (Å²) in [6.07, 6.45) is 6.37. The van der Waals surface area contributed by atoms with E-state index in [1.807, 2.05) is 47.5 Å². The van der Waals surface area contributed by atoms with E-state index in [0.29, 0.717) is 5.56 Å². The molecule has 1 aliphatic heterocycles. The topological polar surface area (TPSA) is 49.0 Å². The highest BCUT2D eigenvalue weighted by molar-refractivity contribution is 6.09. The number of pyridine rings is 1. The quantitative estimate of drug-likeness (QED) is 0.587. The Balaban J connectivity index is 1.48. The van der Waals surface area contributed by atoms with Gasteiger partial charge in [-0.2, -0.15) is 0 Å². The molecule has 4 heteroatoms. The van der Waals surface area contributed by atoms with Crippen molar-refractivity contribution in [2.24, 2.45) is 0 Å². The molecule has 2 aromatic carbocycles. The molecule has 0 unspecified atom stereocenters. The lowest BCUT2D eigenvalue weighted by Gasteiger charge is -2.18. The minimum Gasteiger partial charge on any atom is -0.361 e. The molecule has 26 heavy (non-hydrogen) atoms. The number of amides is 1. The van der Waals surface area contributed by atoms with Crippen molar-refractivity contribution in [1.82, 2.24) is 9.97 Å². The standard InChI is InChI=1S/C22H17N3O/c26-22(19-2-1-16-7-11-24-20(16)14-19)25-12-8-18-13-17(3-4-21(18)25)15-5-9-23-10-6-15/h1-7,9-11,13-14,24H,8,12H2. The Kier molecular flexibility index (Phi) is 3.35. The molecular formula is C22H17N3O. The van der Waals surface area contributed by atoms with Crippen LogP contribution in [0.3, 0.4) is 0 Å². The zero-order chi connectivity index (χ0) is 17.5. The average molecular weight is 339 g/mol. The lowest BCUT2D eigenvalue weighted by molar-refractivity contribution is 0.0989. The van der Waals surface area contributed by atoms with Gasteiger partial charge in [0.15, 0.2) is 0 Å². The number of aromatic nitrogens is 2. The number of fused-ring (bicyclic) bond motifs is 2. The molecular weight excluding hydrogens is 322 g/mol. The van der Waals surface area contributed by atoms with Crippen LogP contribution in [-0.4, -0.2) is 22.4 Å². The van der Waals surface area contributed by atoms with Crippen LogP contribution in [0.15, 0.2) is 73.2 Å². The first kappa shape index (κ1) is 14.9. The molecule has 1 aliphatic rings. The molecule has 4 nitrogen and oxygen atoms in total. The average Bonchev–Trinajstić information content (AvgIpc) is 3.33. The largest absolute Gasteiger partial charge is 0.361 e. The number of nitrogens with zero attached hydrogens (tertiary/aromatic N) is 2.